The molecule has 108 valence electrons. The van der Waals surface area contributed by atoms with Crippen molar-refractivity contribution in [3.63, 3.8) is 0 Å². The number of nitrogens with one attached hydrogen (secondary N) is 1. The summed E-state index contributed by atoms with van der Waals surface area (Å²) < 4.78 is 0. The summed E-state index contributed by atoms with van der Waals surface area (Å²) in [5.74, 6) is 0.817. The van der Waals surface area contributed by atoms with Gasteiger partial charge in [-0.3, -0.25) is 14.7 Å². The maximum atomic E-state index is 11.4. The molecule has 3 rings (SSSR count). The monoisotopic (exact) mass is 274 g/mol. The Morgan fingerprint density at radius 3 is 3.20 bits per heavy atom. The molecule has 2 aliphatic rings. The topological polar surface area (TPSA) is 71.2 Å². The summed E-state index contributed by atoms with van der Waals surface area (Å²) in [7, 11) is 0. The molecule has 0 aromatic carbocycles. The molecule has 5 heteroatoms. The van der Waals surface area contributed by atoms with Crippen LogP contribution in [0.25, 0.3) is 0 Å². The summed E-state index contributed by atoms with van der Waals surface area (Å²) in [4.78, 5) is 18.2. The molecule has 1 amide bonds. The second-order valence-electron chi connectivity index (χ2n) is 5.81. The van der Waals surface area contributed by atoms with E-state index >= 15 is 0 Å². The van der Waals surface area contributed by atoms with Gasteiger partial charge in [-0.2, -0.15) is 0 Å². The van der Waals surface area contributed by atoms with Gasteiger partial charge in [0.1, 0.15) is 0 Å². The summed E-state index contributed by atoms with van der Waals surface area (Å²) in [6.07, 6.45) is 4.54. The van der Waals surface area contributed by atoms with E-state index in [0.29, 0.717) is 24.9 Å². The summed E-state index contributed by atoms with van der Waals surface area (Å²) in [6, 6.07) is 4.47. The van der Waals surface area contributed by atoms with Gasteiger partial charge in [-0.05, 0) is 30.4 Å². The van der Waals surface area contributed by atoms with Crippen LogP contribution in [-0.2, 0) is 17.9 Å². The van der Waals surface area contributed by atoms with E-state index in [0.717, 1.165) is 38.2 Å². The molecule has 20 heavy (non-hydrogen) atoms. The first-order chi connectivity index (χ1) is 9.76. The molecule has 2 aliphatic heterocycles. The van der Waals surface area contributed by atoms with Gasteiger partial charge >= 0.3 is 0 Å². The lowest BCUT2D eigenvalue weighted by Crippen LogP contribution is -2.53. The van der Waals surface area contributed by atoms with Gasteiger partial charge in [0.25, 0.3) is 0 Å². The van der Waals surface area contributed by atoms with Crippen molar-refractivity contribution in [1.82, 2.24) is 15.2 Å². The summed E-state index contributed by atoms with van der Waals surface area (Å²) in [6.45, 7) is 3.49. The third kappa shape index (κ3) is 2.83. The van der Waals surface area contributed by atoms with Crippen LogP contribution < -0.4 is 11.1 Å². The first-order valence-corrected chi connectivity index (χ1v) is 7.41. The lowest BCUT2D eigenvalue weighted by atomic mass is 9.85. The Morgan fingerprint density at radius 2 is 2.35 bits per heavy atom. The zero-order valence-electron chi connectivity index (χ0n) is 11.7. The first-order valence-electron chi connectivity index (χ1n) is 7.41. The fraction of sp³-hybridized carbons (Fsp3) is 0.600. The van der Waals surface area contributed by atoms with Crippen molar-refractivity contribution in [2.75, 3.05) is 13.1 Å². The van der Waals surface area contributed by atoms with Crippen LogP contribution >= 0.6 is 0 Å². The predicted octanol–water partition coefficient (Wildman–Crippen LogP) is 0.641. The number of hydrogen-bond donors (Lipinski definition) is 2. The van der Waals surface area contributed by atoms with Crippen LogP contribution in [-0.4, -0.2) is 34.9 Å². The molecule has 0 spiro atoms. The number of hydrogen-bond acceptors (Lipinski definition) is 4. The van der Waals surface area contributed by atoms with Crippen molar-refractivity contribution >= 4 is 5.91 Å². The van der Waals surface area contributed by atoms with Gasteiger partial charge in [0.2, 0.25) is 5.91 Å². The van der Waals surface area contributed by atoms with Crippen LogP contribution in [0.2, 0.25) is 0 Å². The smallest absolute Gasteiger partial charge is 0.220 e. The Balaban J connectivity index is 1.63. The SMILES string of the molecule is NCc1ncccc1CN1CCC2NC(=O)CCC2C1. The number of pyridine rings is 1. The predicted molar refractivity (Wildman–Crippen MR) is 76.7 cm³/mol. The number of nitrogens with two attached hydrogens (primary N) is 1. The molecule has 3 N–H and O–H groups in total. The summed E-state index contributed by atoms with van der Waals surface area (Å²) >= 11 is 0. The Bertz CT molecular complexity index is 491. The molecule has 1 aromatic heterocycles. The second-order valence-corrected chi connectivity index (χ2v) is 5.81. The standard InChI is InChI=1S/C15H22N4O/c16-8-14-11(2-1-6-17-14)9-19-7-5-13-12(10-19)3-4-15(20)18-13/h1-2,6,12-13H,3-5,7-10,16H2,(H,18,20). The number of amides is 1. The summed E-state index contributed by atoms with van der Waals surface area (Å²) in [5.41, 5.74) is 7.97. The van der Waals surface area contributed by atoms with E-state index < -0.39 is 0 Å². The fourth-order valence-corrected chi connectivity index (χ4v) is 3.37. The quantitative estimate of drug-likeness (QED) is 0.848. The average Bonchev–Trinajstić information content (AvgIpc) is 2.48. The molecule has 1 aromatic rings. The summed E-state index contributed by atoms with van der Waals surface area (Å²) in [5, 5.41) is 3.13. The van der Waals surface area contributed by atoms with Crippen molar-refractivity contribution in [2.24, 2.45) is 11.7 Å². The molecular weight excluding hydrogens is 252 g/mol. The Hall–Kier alpha value is -1.46. The minimum atomic E-state index is 0.220. The van der Waals surface area contributed by atoms with Crippen LogP contribution in [0, 0.1) is 5.92 Å². The van der Waals surface area contributed by atoms with Gasteiger partial charge in [-0.15, -0.1) is 0 Å². The number of aromatic nitrogens is 1. The van der Waals surface area contributed by atoms with Gasteiger partial charge in [-0.25, -0.2) is 0 Å². The number of fused-ring (bicyclic) bond motifs is 1. The van der Waals surface area contributed by atoms with Crippen LogP contribution in [0.1, 0.15) is 30.5 Å². The molecule has 2 unspecified atom stereocenters. The third-order valence-corrected chi connectivity index (χ3v) is 4.48. The van der Waals surface area contributed by atoms with Crippen molar-refractivity contribution in [1.29, 1.82) is 0 Å². The maximum absolute atomic E-state index is 11.4. The highest BCUT2D eigenvalue weighted by Gasteiger charge is 2.33. The average molecular weight is 274 g/mol. The second kappa shape index (κ2) is 5.89. The largest absolute Gasteiger partial charge is 0.353 e. The van der Waals surface area contributed by atoms with E-state index in [2.05, 4.69) is 21.3 Å². The molecule has 3 heterocycles. The number of likely N-dealkylation sites (tertiary alicyclic amines) is 1. The number of carbonyl (C=O) groups excluding carboxylic acids is 1. The van der Waals surface area contributed by atoms with Crippen molar-refractivity contribution in [3.8, 4) is 0 Å². The van der Waals surface area contributed by atoms with Gasteiger partial charge in [0, 0.05) is 44.8 Å². The fourth-order valence-electron chi connectivity index (χ4n) is 3.37. The highest BCUT2D eigenvalue weighted by Crippen LogP contribution is 2.26. The molecule has 0 bridgehead atoms. The van der Waals surface area contributed by atoms with Crippen molar-refractivity contribution in [3.05, 3.63) is 29.6 Å². The Kier molecular flexibility index (Phi) is 3.98. The molecule has 5 nitrogen and oxygen atoms in total. The highest BCUT2D eigenvalue weighted by molar-refractivity contribution is 5.77. The lowest BCUT2D eigenvalue weighted by molar-refractivity contribution is -0.125. The molecule has 2 fully saturated rings. The number of nitrogens with zero attached hydrogens (tertiary/aromatic N) is 2. The number of rotatable bonds is 3. The van der Waals surface area contributed by atoms with Crippen LogP contribution in [0.15, 0.2) is 18.3 Å². The molecule has 0 saturated carbocycles. The lowest BCUT2D eigenvalue weighted by Gasteiger charge is -2.41. The molecule has 2 saturated heterocycles. The zero-order valence-corrected chi connectivity index (χ0v) is 11.7. The van der Waals surface area contributed by atoms with Gasteiger partial charge < -0.3 is 11.1 Å². The van der Waals surface area contributed by atoms with Gasteiger partial charge in [0.05, 0.1) is 5.69 Å². The van der Waals surface area contributed by atoms with Crippen LogP contribution in [0.3, 0.4) is 0 Å². The van der Waals surface area contributed by atoms with Crippen LogP contribution in [0.5, 0.6) is 0 Å². The van der Waals surface area contributed by atoms with Crippen molar-refractivity contribution in [2.45, 2.75) is 38.4 Å². The Morgan fingerprint density at radius 1 is 1.45 bits per heavy atom. The Labute approximate surface area is 119 Å². The molecular formula is C15H22N4O. The van der Waals surface area contributed by atoms with E-state index in [1.165, 1.54) is 5.56 Å². The molecule has 2 atom stereocenters. The highest BCUT2D eigenvalue weighted by atomic mass is 16.1. The maximum Gasteiger partial charge on any atom is 0.220 e. The first kappa shape index (κ1) is 13.5. The minimum Gasteiger partial charge on any atom is -0.353 e. The van der Waals surface area contributed by atoms with E-state index in [1.807, 2.05) is 6.07 Å². The van der Waals surface area contributed by atoms with E-state index in [9.17, 15) is 4.79 Å². The minimum absolute atomic E-state index is 0.220. The van der Waals surface area contributed by atoms with Crippen LogP contribution in [0.4, 0.5) is 0 Å². The third-order valence-electron chi connectivity index (χ3n) is 4.48. The van der Waals surface area contributed by atoms with E-state index in [1.54, 1.807) is 6.20 Å². The van der Waals surface area contributed by atoms with Crippen molar-refractivity contribution < 1.29 is 4.79 Å². The van der Waals surface area contributed by atoms with Gasteiger partial charge in [0.15, 0.2) is 0 Å². The number of carbonyl (C=O) groups is 1. The van der Waals surface area contributed by atoms with E-state index in [4.69, 9.17) is 5.73 Å². The zero-order chi connectivity index (χ0) is 13.9. The normalized spacial score (nSPS) is 26.9. The van der Waals surface area contributed by atoms with Gasteiger partial charge in [-0.1, -0.05) is 6.07 Å². The number of piperidine rings is 2. The van der Waals surface area contributed by atoms with E-state index in [-0.39, 0.29) is 5.91 Å². The molecule has 0 radical (unpaired) electrons. The molecule has 0 aliphatic carbocycles.